The molecule has 2 aromatic carbocycles. The second-order valence-electron chi connectivity index (χ2n) is 8.37. The lowest BCUT2D eigenvalue weighted by Crippen LogP contribution is -2.54. The molecule has 0 bridgehead atoms. The maximum absolute atomic E-state index is 12.5. The Hall–Kier alpha value is -2.64. The van der Waals surface area contributed by atoms with Crippen molar-refractivity contribution in [3.63, 3.8) is 0 Å². The number of thiocarbonyl (C=S) groups is 1. The van der Waals surface area contributed by atoms with Gasteiger partial charge in [0.05, 0.1) is 0 Å². The number of carbonyl (C=O) groups is 1. The average Bonchev–Trinajstić information content (AvgIpc) is 2.93. The SMILES string of the molecule is C[C@@H]1C[C@@H](CC(=O)NCCN2Cc3ccccc3O[C@H](c3ccccc3)C2)NC(=S)N1. The van der Waals surface area contributed by atoms with Crippen molar-refractivity contribution >= 4 is 23.2 Å². The van der Waals surface area contributed by atoms with Gasteiger partial charge < -0.3 is 20.7 Å². The summed E-state index contributed by atoms with van der Waals surface area (Å²) >= 11 is 5.21. The predicted molar refractivity (Wildman–Crippen MR) is 126 cm³/mol. The summed E-state index contributed by atoms with van der Waals surface area (Å²) in [4.78, 5) is 14.8. The van der Waals surface area contributed by atoms with Gasteiger partial charge in [0, 0.05) is 50.2 Å². The van der Waals surface area contributed by atoms with E-state index < -0.39 is 0 Å². The molecule has 2 aliphatic heterocycles. The first-order chi connectivity index (χ1) is 15.1. The van der Waals surface area contributed by atoms with Crippen LogP contribution in [0.1, 0.15) is 37.0 Å². The summed E-state index contributed by atoms with van der Waals surface area (Å²) in [5.41, 5.74) is 2.34. The van der Waals surface area contributed by atoms with E-state index in [1.165, 1.54) is 5.56 Å². The Balaban J connectivity index is 1.34. The average molecular weight is 439 g/mol. The van der Waals surface area contributed by atoms with Gasteiger partial charge in [-0.1, -0.05) is 48.5 Å². The van der Waals surface area contributed by atoms with E-state index in [0.29, 0.717) is 24.1 Å². The van der Waals surface area contributed by atoms with Gasteiger partial charge in [-0.05, 0) is 37.2 Å². The topological polar surface area (TPSA) is 65.6 Å². The summed E-state index contributed by atoms with van der Waals surface area (Å²) in [6.45, 7) is 5.03. The maximum atomic E-state index is 12.5. The minimum absolute atomic E-state index is 0.0398. The highest BCUT2D eigenvalue weighted by atomic mass is 32.1. The Morgan fingerprint density at radius 2 is 1.94 bits per heavy atom. The van der Waals surface area contributed by atoms with Gasteiger partial charge in [0.2, 0.25) is 5.91 Å². The van der Waals surface area contributed by atoms with Gasteiger partial charge in [-0.2, -0.15) is 0 Å². The number of hydrogen-bond donors (Lipinski definition) is 3. The third-order valence-electron chi connectivity index (χ3n) is 5.76. The van der Waals surface area contributed by atoms with Crippen molar-refractivity contribution in [3.8, 4) is 5.75 Å². The van der Waals surface area contributed by atoms with Crippen molar-refractivity contribution in [3.05, 3.63) is 65.7 Å². The zero-order valence-electron chi connectivity index (χ0n) is 17.8. The molecule has 0 unspecified atom stereocenters. The standard InChI is InChI=1S/C24H30N4O2S/c1-17-13-20(27-24(31)26-17)14-23(29)25-11-12-28-15-19-9-5-6-10-21(19)30-22(16-28)18-7-3-2-4-8-18/h2-10,17,20,22H,11-16H2,1H3,(H,25,29)(H2,26,27,31)/t17-,20+,22+/m1/s1. The van der Waals surface area contributed by atoms with E-state index in [4.69, 9.17) is 17.0 Å². The molecule has 6 nitrogen and oxygen atoms in total. The van der Waals surface area contributed by atoms with Crippen LogP contribution in [0.2, 0.25) is 0 Å². The summed E-state index contributed by atoms with van der Waals surface area (Å²) in [5.74, 6) is 0.991. The van der Waals surface area contributed by atoms with E-state index in [-0.39, 0.29) is 18.1 Å². The van der Waals surface area contributed by atoms with Crippen LogP contribution in [-0.4, -0.2) is 47.6 Å². The first-order valence-corrected chi connectivity index (χ1v) is 11.3. The highest BCUT2D eigenvalue weighted by Gasteiger charge is 2.25. The van der Waals surface area contributed by atoms with E-state index in [2.05, 4.69) is 46.0 Å². The van der Waals surface area contributed by atoms with Crippen LogP contribution in [0.25, 0.3) is 0 Å². The monoisotopic (exact) mass is 438 g/mol. The summed E-state index contributed by atoms with van der Waals surface area (Å²) in [5, 5.41) is 10.1. The number of nitrogens with zero attached hydrogens (tertiary/aromatic N) is 1. The van der Waals surface area contributed by atoms with Gasteiger partial charge in [-0.15, -0.1) is 0 Å². The lowest BCUT2D eigenvalue weighted by atomic mass is 10.0. The Bertz CT molecular complexity index is 907. The quantitative estimate of drug-likeness (QED) is 0.603. The van der Waals surface area contributed by atoms with E-state index >= 15 is 0 Å². The molecule has 31 heavy (non-hydrogen) atoms. The fourth-order valence-electron chi connectivity index (χ4n) is 4.27. The molecule has 7 heteroatoms. The van der Waals surface area contributed by atoms with Gasteiger partial charge in [-0.25, -0.2) is 0 Å². The molecule has 0 saturated carbocycles. The summed E-state index contributed by atoms with van der Waals surface area (Å²) in [6, 6.07) is 18.9. The van der Waals surface area contributed by atoms with E-state index in [1.807, 2.05) is 36.4 Å². The number of rotatable bonds is 6. The molecule has 3 atom stereocenters. The van der Waals surface area contributed by atoms with Gasteiger partial charge in [0.1, 0.15) is 11.9 Å². The molecular weight excluding hydrogens is 408 g/mol. The van der Waals surface area contributed by atoms with Crippen LogP contribution in [-0.2, 0) is 11.3 Å². The smallest absolute Gasteiger partial charge is 0.222 e. The summed E-state index contributed by atoms with van der Waals surface area (Å²) < 4.78 is 6.37. The highest BCUT2D eigenvalue weighted by molar-refractivity contribution is 7.80. The van der Waals surface area contributed by atoms with Crippen LogP contribution in [0, 0.1) is 0 Å². The molecule has 0 aliphatic carbocycles. The largest absolute Gasteiger partial charge is 0.484 e. The normalized spacial score (nSPS) is 23.5. The predicted octanol–water partition coefficient (Wildman–Crippen LogP) is 2.75. The van der Waals surface area contributed by atoms with Crippen LogP contribution in [0.5, 0.6) is 5.75 Å². The number of fused-ring (bicyclic) bond motifs is 1. The first-order valence-electron chi connectivity index (χ1n) is 10.9. The van der Waals surface area contributed by atoms with Crippen LogP contribution in [0.4, 0.5) is 0 Å². The molecule has 4 rings (SSSR count). The van der Waals surface area contributed by atoms with E-state index in [0.717, 1.165) is 37.4 Å². The zero-order chi connectivity index (χ0) is 21.6. The van der Waals surface area contributed by atoms with E-state index in [9.17, 15) is 4.79 Å². The Kier molecular flexibility index (Phi) is 7.04. The van der Waals surface area contributed by atoms with Crippen molar-refractivity contribution in [2.45, 2.75) is 44.5 Å². The lowest BCUT2D eigenvalue weighted by molar-refractivity contribution is -0.121. The van der Waals surface area contributed by atoms with Crippen LogP contribution >= 0.6 is 12.2 Å². The molecular formula is C24H30N4O2S. The molecule has 3 N–H and O–H groups in total. The second-order valence-corrected chi connectivity index (χ2v) is 8.77. The Labute approximate surface area is 189 Å². The number of amides is 1. The lowest BCUT2D eigenvalue weighted by Gasteiger charge is -2.30. The van der Waals surface area contributed by atoms with Gasteiger partial charge in [0.15, 0.2) is 5.11 Å². The minimum atomic E-state index is -0.0398. The van der Waals surface area contributed by atoms with Crippen molar-refractivity contribution in [2.24, 2.45) is 0 Å². The first kappa shape index (κ1) is 21.6. The number of hydrogen-bond acceptors (Lipinski definition) is 4. The summed E-state index contributed by atoms with van der Waals surface area (Å²) in [6.07, 6.45) is 1.28. The number of ether oxygens (including phenoxy) is 1. The maximum Gasteiger partial charge on any atom is 0.222 e. The molecule has 0 aromatic heterocycles. The van der Waals surface area contributed by atoms with Crippen molar-refractivity contribution < 1.29 is 9.53 Å². The van der Waals surface area contributed by atoms with Crippen molar-refractivity contribution in [2.75, 3.05) is 19.6 Å². The van der Waals surface area contributed by atoms with Crippen LogP contribution in [0.15, 0.2) is 54.6 Å². The number of nitrogens with one attached hydrogen (secondary N) is 3. The molecule has 0 spiro atoms. The third kappa shape index (κ3) is 5.95. The van der Waals surface area contributed by atoms with E-state index in [1.54, 1.807) is 0 Å². The van der Waals surface area contributed by atoms with Crippen molar-refractivity contribution in [1.29, 1.82) is 0 Å². The Morgan fingerprint density at radius 1 is 1.16 bits per heavy atom. The molecule has 2 aliphatic rings. The Morgan fingerprint density at radius 3 is 2.74 bits per heavy atom. The fraction of sp³-hybridized carbons (Fsp3) is 0.417. The number of benzene rings is 2. The molecule has 1 fully saturated rings. The van der Waals surface area contributed by atoms with Crippen LogP contribution in [0.3, 0.4) is 0 Å². The van der Waals surface area contributed by atoms with Gasteiger partial charge in [-0.3, -0.25) is 9.69 Å². The molecule has 1 saturated heterocycles. The van der Waals surface area contributed by atoms with Crippen molar-refractivity contribution in [1.82, 2.24) is 20.9 Å². The molecule has 2 aromatic rings. The number of carbonyl (C=O) groups excluding carboxylic acids is 1. The minimum Gasteiger partial charge on any atom is -0.484 e. The molecule has 1 amide bonds. The highest BCUT2D eigenvalue weighted by Crippen LogP contribution is 2.30. The third-order valence-corrected chi connectivity index (χ3v) is 6.00. The second kappa shape index (κ2) is 10.1. The zero-order valence-corrected chi connectivity index (χ0v) is 18.7. The summed E-state index contributed by atoms with van der Waals surface area (Å²) in [7, 11) is 0. The number of para-hydroxylation sites is 1. The molecule has 164 valence electrons. The van der Waals surface area contributed by atoms with Gasteiger partial charge in [0.25, 0.3) is 0 Å². The molecule has 2 heterocycles. The van der Waals surface area contributed by atoms with Gasteiger partial charge >= 0.3 is 0 Å². The van der Waals surface area contributed by atoms with Crippen LogP contribution < -0.4 is 20.7 Å². The fourth-order valence-corrected chi connectivity index (χ4v) is 4.64. The molecule has 0 radical (unpaired) electrons.